The molecule has 0 N–H and O–H groups in total. The molecule has 0 saturated heterocycles. The van der Waals surface area contributed by atoms with Gasteiger partial charge in [0, 0.05) is 5.57 Å². The molecule has 20 heavy (non-hydrogen) atoms. The largest absolute Gasteiger partial charge is 0.435 e. The molecule has 0 aliphatic heterocycles. The van der Waals surface area contributed by atoms with Crippen LogP contribution in [0.2, 0.25) is 0 Å². The monoisotopic (exact) mass is 292 g/mol. The number of fused-ring (bicyclic) bond motifs is 2. The first kappa shape index (κ1) is 15.4. The first-order valence-electron chi connectivity index (χ1n) is 6.73. The smallest absolute Gasteiger partial charge is 0.396 e. The summed E-state index contributed by atoms with van der Waals surface area (Å²) in [6.45, 7) is 3.97. The van der Waals surface area contributed by atoms with E-state index in [-0.39, 0.29) is 23.8 Å². The van der Waals surface area contributed by atoms with Gasteiger partial charge in [0.25, 0.3) is 0 Å². The SMILES string of the molecule is C=C(C)C(=O)OCOCC1(C(F)(F)F)CC2CCC1C2. The van der Waals surface area contributed by atoms with Gasteiger partial charge >= 0.3 is 12.1 Å². The van der Waals surface area contributed by atoms with Crippen LogP contribution < -0.4 is 0 Å². The summed E-state index contributed by atoms with van der Waals surface area (Å²) in [5, 5.41) is 0. The molecule has 0 heterocycles. The second-order valence-corrected chi connectivity index (χ2v) is 5.91. The van der Waals surface area contributed by atoms with E-state index in [2.05, 4.69) is 11.3 Å². The molecular formula is C14H19F3O3. The van der Waals surface area contributed by atoms with Crippen LogP contribution in [-0.4, -0.2) is 25.5 Å². The van der Waals surface area contributed by atoms with E-state index < -0.39 is 31.0 Å². The Morgan fingerprint density at radius 3 is 2.55 bits per heavy atom. The third-order valence-electron chi connectivity index (χ3n) is 4.52. The van der Waals surface area contributed by atoms with E-state index in [0.717, 1.165) is 6.42 Å². The second kappa shape index (κ2) is 5.39. The zero-order chi connectivity index (χ0) is 15.0. The van der Waals surface area contributed by atoms with Crippen molar-refractivity contribution in [2.75, 3.05) is 13.4 Å². The molecule has 6 heteroatoms. The van der Waals surface area contributed by atoms with Gasteiger partial charge in [0.2, 0.25) is 0 Å². The van der Waals surface area contributed by atoms with Crippen molar-refractivity contribution in [2.24, 2.45) is 17.3 Å². The van der Waals surface area contributed by atoms with Crippen LogP contribution >= 0.6 is 0 Å². The average molecular weight is 292 g/mol. The lowest BCUT2D eigenvalue weighted by Gasteiger charge is -2.38. The lowest BCUT2D eigenvalue weighted by molar-refractivity contribution is -0.263. The van der Waals surface area contributed by atoms with Gasteiger partial charge in [0.05, 0.1) is 12.0 Å². The molecule has 2 saturated carbocycles. The Morgan fingerprint density at radius 2 is 2.10 bits per heavy atom. The normalized spacial score (nSPS) is 32.4. The number of rotatable bonds is 5. The molecule has 3 nitrogen and oxygen atoms in total. The van der Waals surface area contributed by atoms with E-state index in [1.165, 1.54) is 6.92 Å². The van der Waals surface area contributed by atoms with Crippen LogP contribution in [0.5, 0.6) is 0 Å². The van der Waals surface area contributed by atoms with Crippen LogP contribution in [0.15, 0.2) is 12.2 Å². The minimum Gasteiger partial charge on any atom is -0.435 e. The highest BCUT2D eigenvalue weighted by Gasteiger charge is 2.65. The van der Waals surface area contributed by atoms with E-state index in [1.54, 1.807) is 0 Å². The Labute approximate surface area is 116 Å². The van der Waals surface area contributed by atoms with Gasteiger partial charge in [-0.3, -0.25) is 0 Å². The summed E-state index contributed by atoms with van der Waals surface area (Å²) in [5.41, 5.74) is -1.56. The predicted molar refractivity (Wildman–Crippen MR) is 65.7 cm³/mol. The number of ether oxygens (including phenoxy) is 2. The summed E-state index contributed by atoms with van der Waals surface area (Å²) in [4.78, 5) is 11.1. The van der Waals surface area contributed by atoms with E-state index in [4.69, 9.17) is 4.74 Å². The maximum absolute atomic E-state index is 13.4. The molecule has 0 spiro atoms. The average Bonchev–Trinajstić information content (AvgIpc) is 2.93. The Kier molecular flexibility index (Phi) is 4.14. The van der Waals surface area contributed by atoms with E-state index >= 15 is 0 Å². The molecule has 0 aromatic heterocycles. The highest BCUT2D eigenvalue weighted by atomic mass is 19.4. The number of alkyl halides is 3. The van der Waals surface area contributed by atoms with Gasteiger partial charge < -0.3 is 9.47 Å². The zero-order valence-electron chi connectivity index (χ0n) is 11.5. The minimum atomic E-state index is -4.27. The summed E-state index contributed by atoms with van der Waals surface area (Å²) in [6, 6.07) is 0. The molecule has 3 unspecified atom stereocenters. The quantitative estimate of drug-likeness (QED) is 0.337. The molecule has 0 amide bonds. The molecule has 2 rings (SSSR count). The van der Waals surface area contributed by atoms with Crippen molar-refractivity contribution in [1.29, 1.82) is 0 Å². The fraction of sp³-hybridized carbons (Fsp3) is 0.786. The first-order valence-corrected chi connectivity index (χ1v) is 6.73. The van der Waals surface area contributed by atoms with Crippen LogP contribution in [-0.2, 0) is 14.3 Å². The highest BCUT2D eigenvalue weighted by Crippen LogP contribution is 2.62. The van der Waals surface area contributed by atoms with Gasteiger partial charge in [-0.25, -0.2) is 4.79 Å². The molecular weight excluding hydrogens is 273 g/mol. The molecule has 3 atom stereocenters. The van der Waals surface area contributed by atoms with Gasteiger partial charge in [-0.05, 0) is 38.0 Å². The second-order valence-electron chi connectivity index (χ2n) is 5.91. The van der Waals surface area contributed by atoms with Crippen LogP contribution in [0.25, 0.3) is 0 Å². The first-order chi connectivity index (χ1) is 9.26. The van der Waals surface area contributed by atoms with Gasteiger partial charge in [-0.1, -0.05) is 13.0 Å². The van der Waals surface area contributed by atoms with Gasteiger partial charge in [-0.15, -0.1) is 0 Å². The predicted octanol–water partition coefficient (Wildman–Crippen LogP) is 3.45. The Hall–Kier alpha value is -1.04. The summed E-state index contributed by atoms with van der Waals surface area (Å²) in [5.74, 6) is -0.855. The van der Waals surface area contributed by atoms with Crippen LogP contribution in [0, 0.1) is 17.3 Å². The van der Waals surface area contributed by atoms with E-state index in [0.29, 0.717) is 12.8 Å². The van der Waals surface area contributed by atoms with Crippen molar-refractivity contribution >= 4 is 5.97 Å². The van der Waals surface area contributed by atoms with Gasteiger partial charge in [0.1, 0.15) is 0 Å². The lowest BCUT2D eigenvalue weighted by Crippen LogP contribution is -2.46. The summed E-state index contributed by atoms with van der Waals surface area (Å²) in [7, 11) is 0. The van der Waals surface area contributed by atoms with E-state index in [9.17, 15) is 18.0 Å². The van der Waals surface area contributed by atoms with Crippen molar-refractivity contribution in [1.82, 2.24) is 0 Å². The fourth-order valence-corrected chi connectivity index (χ4v) is 3.49. The van der Waals surface area contributed by atoms with Crippen molar-refractivity contribution in [2.45, 2.75) is 38.8 Å². The van der Waals surface area contributed by atoms with Crippen molar-refractivity contribution < 1.29 is 27.4 Å². The molecule has 2 aliphatic carbocycles. The minimum absolute atomic E-state index is 0.135. The number of carbonyl (C=O) groups excluding carboxylic acids is 1. The maximum atomic E-state index is 13.4. The van der Waals surface area contributed by atoms with E-state index in [1.807, 2.05) is 0 Å². The van der Waals surface area contributed by atoms with Crippen molar-refractivity contribution in [3.8, 4) is 0 Å². The zero-order valence-corrected chi connectivity index (χ0v) is 11.5. The Bertz CT molecular complexity index is 405. The molecule has 114 valence electrons. The fourth-order valence-electron chi connectivity index (χ4n) is 3.49. The number of halogens is 3. The number of hydrogen-bond donors (Lipinski definition) is 0. The molecule has 0 aromatic carbocycles. The number of hydrogen-bond acceptors (Lipinski definition) is 3. The molecule has 2 bridgehead atoms. The molecule has 0 radical (unpaired) electrons. The number of esters is 1. The highest BCUT2D eigenvalue weighted by molar-refractivity contribution is 5.86. The third kappa shape index (κ3) is 2.71. The van der Waals surface area contributed by atoms with Crippen molar-refractivity contribution in [3.05, 3.63) is 12.2 Å². The Morgan fingerprint density at radius 1 is 1.40 bits per heavy atom. The molecule has 0 aromatic rings. The summed E-state index contributed by atoms with van der Waals surface area (Å²) >= 11 is 0. The number of carbonyl (C=O) groups is 1. The topological polar surface area (TPSA) is 35.5 Å². The van der Waals surface area contributed by atoms with Crippen molar-refractivity contribution in [3.63, 3.8) is 0 Å². The van der Waals surface area contributed by atoms with Gasteiger partial charge in [-0.2, -0.15) is 13.2 Å². The van der Waals surface area contributed by atoms with Crippen LogP contribution in [0.1, 0.15) is 32.6 Å². The lowest BCUT2D eigenvalue weighted by atomic mass is 9.73. The van der Waals surface area contributed by atoms with Gasteiger partial charge in [0.15, 0.2) is 6.79 Å². The summed E-state index contributed by atoms with van der Waals surface area (Å²) < 4.78 is 49.8. The molecule has 2 aliphatic rings. The van der Waals surface area contributed by atoms with Crippen LogP contribution in [0.4, 0.5) is 13.2 Å². The molecule has 2 fully saturated rings. The standard InChI is InChI=1S/C14H19F3O3/c1-9(2)12(18)20-8-19-7-13(14(15,16)17)6-10-3-4-11(13)5-10/h10-11H,1,3-8H2,2H3. The third-order valence-corrected chi connectivity index (χ3v) is 4.52. The Balaban J connectivity index is 1.91. The summed E-state index contributed by atoms with van der Waals surface area (Å²) in [6.07, 6.45) is -2.01. The van der Waals surface area contributed by atoms with Crippen LogP contribution in [0.3, 0.4) is 0 Å². The maximum Gasteiger partial charge on any atom is 0.396 e.